The van der Waals surface area contributed by atoms with Crippen LogP contribution in [0.2, 0.25) is 0 Å². The number of hydrogen-bond acceptors (Lipinski definition) is 3. The van der Waals surface area contributed by atoms with Gasteiger partial charge >= 0.3 is 0 Å². The van der Waals surface area contributed by atoms with Crippen LogP contribution in [0.15, 0.2) is 18.2 Å². The lowest BCUT2D eigenvalue weighted by molar-refractivity contribution is 0.285. The number of hydrogen-bond donors (Lipinski definition) is 1. The van der Waals surface area contributed by atoms with Gasteiger partial charge in [-0.25, -0.2) is 0 Å². The zero-order chi connectivity index (χ0) is 12.7. The highest BCUT2D eigenvalue weighted by atomic mass is 16.5. The van der Waals surface area contributed by atoms with Gasteiger partial charge in [-0.2, -0.15) is 0 Å². The molecule has 0 aliphatic rings. The normalized spacial score (nSPS) is 12.2. The average Bonchev–Trinajstić information content (AvgIpc) is 2.33. The Morgan fingerprint density at radius 2 is 1.82 bits per heavy atom. The van der Waals surface area contributed by atoms with Crippen LogP contribution in [-0.4, -0.2) is 19.3 Å². The first-order chi connectivity index (χ1) is 8.22. The Bertz CT molecular complexity index is 339. The van der Waals surface area contributed by atoms with Crippen molar-refractivity contribution in [2.45, 2.75) is 39.7 Å². The molecule has 17 heavy (non-hydrogen) atoms. The molecule has 3 heteroatoms. The van der Waals surface area contributed by atoms with Crippen LogP contribution in [-0.2, 0) is 6.42 Å². The molecule has 0 saturated carbocycles. The van der Waals surface area contributed by atoms with Crippen LogP contribution >= 0.6 is 0 Å². The van der Waals surface area contributed by atoms with Crippen LogP contribution in [0.5, 0.6) is 11.5 Å². The summed E-state index contributed by atoms with van der Waals surface area (Å²) in [6.07, 6.45) is 1.79. The van der Waals surface area contributed by atoms with Crippen molar-refractivity contribution in [1.29, 1.82) is 0 Å². The third kappa shape index (κ3) is 3.93. The molecule has 1 aromatic carbocycles. The molecule has 0 radical (unpaired) electrons. The van der Waals surface area contributed by atoms with Crippen molar-refractivity contribution in [2.75, 3.05) is 13.2 Å². The molecule has 0 saturated heterocycles. The molecule has 96 valence electrons. The lowest BCUT2D eigenvalue weighted by Crippen LogP contribution is -2.21. The summed E-state index contributed by atoms with van der Waals surface area (Å²) in [4.78, 5) is 0. The summed E-state index contributed by atoms with van der Waals surface area (Å²) in [5.41, 5.74) is 7.13. The van der Waals surface area contributed by atoms with Crippen molar-refractivity contribution in [3.63, 3.8) is 0 Å². The molecular weight excluding hydrogens is 214 g/mol. The molecule has 2 N–H and O–H groups in total. The summed E-state index contributed by atoms with van der Waals surface area (Å²) < 4.78 is 11.3. The van der Waals surface area contributed by atoms with Crippen molar-refractivity contribution in [1.82, 2.24) is 0 Å². The molecule has 0 heterocycles. The van der Waals surface area contributed by atoms with Crippen LogP contribution in [0.1, 0.15) is 32.8 Å². The third-order valence-corrected chi connectivity index (χ3v) is 2.66. The number of rotatable bonds is 7. The highest BCUT2D eigenvalue weighted by Gasteiger charge is 2.12. The number of para-hydroxylation sites is 1. The second-order valence-electron chi connectivity index (χ2n) is 3.98. The maximum absolute atomic E-state index is 6.00. The van der Waals surface area contributed by atoms with E-state index in [4.69, 9.17) is 15.2 Å². The fourth-order valence-corrected chi connectivity index (χ4v) is 1.73. The second kappa shape index (κ2) is 7.17. The Hall–Kier alpha value is -1.22. The van der Waals surface area contributed by atoms with Gasteiger partial charge in [-0.15, -0.1) is 0 Å². The lowest BCUT2D eigenvalue weighted by Gasteiger charge is -2.17. The average molecular weight is 237 g/mol. The molecule has 0 spiro atoms. The van der Waals surface area contributed by atoms with Crippen molar-refractivity contribution in [3.8, 4) is 11.5 Å². The third-order valence-electron chi connectivity index (χ3n) is 2.66. The molecule has 0 bridgehead atoms. The predicted molar refractivity (Wildman–Crippen MR) is 70.8 cm³/mol. The minimum absolute atomic E-state index is 0.172. The maximum Gasteiger partial charge on any atom is 0.164 e. The van der Waals surface area contributed by atoms with Gasteiger partial charge in [0.15, 0.2) is 11.5 Å². The molecular formula is C14H23NO2. The SMILES string of the molecule is CCOc1cccc(CC(N)CC)c1OCC. The van der Waals surface area contributed by atoms with Crippen LogP contribution in [0, 0.1) is 0 Å². The second-order valence-corrected chi connectivity index (χ2v) is 3.98. The van der Waals surface area contributed by atoms with Gasteiger partial charge in [0.05, 0.1) is 13.2 Å². The van der Waals surface area contributed by atoms with E-state index in [9.17, 15) is 0 Å². The summed E-state index contributed by atoms with van der Waals surface area (Å²) in [5.74, 6) is 1.66. The Morgan fingerprint density at radius 3 is 2.41 bits per heavy atom. The fourth-order valence-electron chi connectivity index (χ4n) is 1.73. The van der Waals surface area contributed by atoms with Crippen LogP contribution in [0.25, 0.3) is 0 Å². The van der Waals surface area contributed by atoms with Gasteiger partial charge in [0.1, 0.15) is 0 Å². The highest BCUT2D eigenvalue weighted by Crippen LogP contribution is 2.32. The Kier molecular flexibility index (Phi) is 5.84. The molecule has 0 aliphatic heterocycles. The summed E-state index contributed by atoms with van der Waals surface area (Å²) in [7, 11) is 0. The van der Waals surface area contributed by atoms with E-state index in [0.29, 0.717) is 13.2 Å². The van der Waals surface area contributed by atoms with Crippen molar-refractivity contribution in [2.24, 2.45) is 5.73 Å². The van der Waals surface area contributed by atoms with Crippen LogP contribution in [0.3, 0.4) is 0 Å². The summed E-state index contributed by atoms with van der Waals surface area (Å²) in [6.45, 7) is 7.33. The Balaban J connectivity index is 2.96. The maximum atomic E-state index is 6.00. The molecule has 1 aromatic rings. The molecule has 0 amide bonds. The molecule has 0 aliphatic carbocycles. The minimum Gasteiger partial charge on any atom is -0.490 e. The Labute approximate surface area is 104 Å². The van der Waals surface area contributed by atoms with Gasteiger partial charge in [-0.3, -0.25) is 0 Å². The van der Waals surface area contributed by atoms with Gasteiger partial charge in [0.2, 0.25) is 0 Å². The highest BCUT2D eigenvalue weighted by molar-refractivity contribution is 5.47. The van der Waals surface area contributed by atoms with E-state index >= 15 is 0 Å². The van der Waals surface area contributed by atoms with Crippen LogP contribution < -0.4 is 15.2 Å². The zero-order valence-electron chi connectivity index (χ0n) is 11.0. The van der Waals surface area contributed by atoms with Gasteiger partial charge < -0.3 is 15.2 Å². The number of ether oxygens (including phenoxy) is 2. The topological polar surface area (TPSA) is 44.5 Å². The van der Waals surface area contributed by atoms with Gasteiger partial charge in [-0.1, -0.05) is 19.1 Å². The van der Waals surface area contributed by atoms with Gasteiger partial charge in [0.25, 0.3) is 0 Å². The number of nitrogens with two attached hydrogens (primary N) is 1. The molecule has 1 unspecified atom stereocenters. The summed E-state index contributed by atoms with van der Waals surface area (Å²) in [6, 6.07) is 6.16. The Morgan fingerprint density at radius 1 is 1.12 bits per heavy atom. The van der Waals surface area contributed by atoms with Crippen molar-refractivity contribution >= 4 is 0 Å². The minimum atomic E-state index is 0.172. The van der Waals surface area contributed by atoms with E-state index in [1.54, 1.807) is 0 Å². The molecule has 1 rings (SSSR count). The van der Waals surface area contributed by atoms with Crippen molar-refractivity contribution < 1.29 is 9.47 Å². The standard InChI is InChI=1S/C14H23NO2/c1-4-12(15)10-11-8-7-9-13(16-5-2)14(11)17-6-3/h7-9,12H,4-6,10,15H2,1-3H3. The molecule has 0 fully saturated rings. The first kappa shape index (κ1) is 13.8. The van der Waals surface area contributed by atoms with Crippen molar-refractivity contribution in [3.05, 3.63) is 23.8 Å². The predicted octanol–water partition coefficient (Wildman–Crippen LogP) is 2.76. The summed E-state index contributed by atoms with van der Waals surface area (Å²) >= 11 is 0. The number of benzene rings is 1. The van der Waals surface area contributed by atoms with E-state index in [-0.39, 0.29) is 6.04 Å². The van der Waals surface area contributed by atoms with E-state index in [2.05, 4.69) is 13.0 Å². The van der Waals surface area contributed by atoms with E-state index < -0.39 is 0 Å². The lowest BCUT2D eigenvalue weighted by atomic mass is 10.0. The van der Waals surface area contributed by atoms with Gasteiger partial charge in [0, 0.05) is 6.04 Å². The smallest absolute Gasteiger partial charge is 0.164 e. The monoisotopic (exact) mass is 237 g/mol. The largest absolute Gasteiger partial charge is 0.490 e. The van der Waals surface area contributed by atoms with E-state index in [1.165, 1.54) is 0 Å². The fraction of sp³-hybridized carbons (Fsp3) is 0.571. The quantitative estimate of drug-likeness (QED) is 0.793. The molecule has 1 atom stereocenters. The zero-order valence-corrected chi connectivity index (χ0v) is 11.0. The first-order valence-electron chi connectivity index (χ1n) is 6.35. The summed E-state index contributed by atoms with van der Waals surface area (Å²) in [5, 5.41) is 0. The van der Waals surface area contributed by atoms with E-state index in [1.807, 2.05) is 26.0 Å². The van der Waals surface area contributed by atoms with Gasteiger partial charge in [-0.05, 0) is 38.3 Å². The molecule has 0 aromatic heterocycles. The van der Waals surface area contributed by atoms with Crippen LogP contribution in [0.4, 0.5) is 0 Å². The first-order valence-corrected chi connectivity index (χ1v) is 6.35. The van der Waals surface area contributed by atoms with E-state index in [0.717, 1.165) is 29.9 Å². The molecule has 3 nitrogen and oxygen atoms in total.